The van der Waals surface area contributed by atoms with E-state index < -0.39 is 5.60 Å². The number of imidazole rings is 1. The van der Waals surface area contributed by atoms with Crippen molar-refractivity contribution in [1.82, 2.24) is 19.5 Å². The standard InChI is InChI=1S/C19H20FN5O.ClH/c1-2-25-17(12-5-3-6-13(20)11-12)24-15-16(21)22-14(23-18(15)25)7-10-19(26)8-4-9-19;/h3,5-7,10-11,26H,2,4,8-9H2,1H3,(H2,21,22,23);1H. The highest BCUT2D eigenvalue weighted by Crippen LogP contribution is 2.33. The third-order valence-corrected chi connectivity index (χ3v) is 4.80. The third kappa shape index (κ3) is 3.52. The summed E-state index contributed by atoms with van der Waals surface area (Å²) in [7, 11) is 0. The first-order valence-electron chi connectivity index (χ1n) is 8.70. The van der Waals surface area contributed by atoms with Crippen LogP contribution in [0.15, 0.2) is 30.3 Å². The fraction of sp³-hybridized carbons (Fsp3) is 0.316. The van der Waals surface area contributed by atoms with E-state index in [2.05, 4.69) is 15.0 Å². The van der Waals surface area contributed by atoms with E-state index in [-0.39, 0.29) is 24.0 Å². The van der Waals surface area contributed by atoms with Gasteiger partial charge in [-0.1, -0.05) is 12.1 Å². The van der Waals surface area contributed by atoms with Gasteiger partial charge in [-0.2, -0.15) is 0 Å². The molecule has 2 heterocycles. The monoisotopic (exact) mass is 389 g/mol. The summed E-state index contributed by atoms with van der Waals surface area (Å²) in [6.45, 7) is 2.57. The van der Waals surface area contributed by atoms with Gasteiger partial charge in [0.05, 0.1) is 5.60 Å². The highest BCUT2D eigenvalue weighted by atomic mass is 35.5. The first kappa shape index (κ1) is 19.3. The molecule has 0 atom stereocenters. The van der Waals surface area contributed by atoms with Crippen LogP contribution in [0.2, 0.25) is 0 Å². The van der Waals surface area contributed by atoms with E-state index in [1.54, 1.807) is 24.3 Å². The molecule has 1 aromatic carbocycles. The van der Waals surface area contributed by atoms with Crippen LogP contribution >= 0.6 is 12.4 Å². The number of aliphatic hydroxyl groups is 1. The Balaban J connectivity index is 0.00000210. The number of hydrogen-bond acceptors (Lipinski definition) is 5. The average Bonchev–Trinajstić information content (AvgIpc) is 2.97. The maximum atomic E-state index is 13.6. The van der Waals surface area contributed by atoms with Gasteiger partial charge in [-0.15, -0.1) is 12.4 Å². The molecule has 4 rings (SSSR count). The van der Waals surface area contributed by atoms with Crippen molar-refractivity contribution in [2.45, 2.75) is 38.3 Å². The van der Waals surface area contributed by atoms with Gasteiger partial charge in [0.15, 0.2) is 22.8 Å². The number of halogens is 2. The minimum atomic E-state index is -0.759. The van der Waals surface area contributed by atoms with Crippen molar-refractivity contribution < 1.29 is 9.50 Å². The number of nitrogens with zero attached hydrogens (tertiary/aromatic N) is 4. The third-order valence-electron chi connectivity index (χ3n) is 4.80. The molecule has 1 fully saturated rings. The van der Waals surface area contributed by atoms with Gasteiger partial charge in [-0.25, -0.2) is 19.3 Å². The first-order chi connectivity index (χ1) is 12.5. The van der Waals surface area contributed by atoms with Crippen LogP contribution in [0.4, 0.5) is 10.2 Å². The van der Waals surface area contributed by atoms with E-state index in [0.717, 1.165) is 19.3 Å². The SMILES string of the molecule is CCn1c(-c2cccc(F)c2)nc2c(N)nc(C=CC3(O)CCC3)nc21.Cl. The lowest BCUT2D eigenvalue weighted by atomic mass is 9.80. The van der Waals surface area contributed by atoms with Crippen LogP contribution in [0.25, 0.3) is 28.6 Å². The summed E-state index contributed by atoms with van der Waals surface area (Å²) in [6.07, 6.45) is 5.94. The maximum absolute atomic E-state index is 13.6. The van der Waals surface area contributed by atoms with Crippen LogP contribution in [-0.2, 0) is 6.54 Å². The number of anilines is 1. The van der Waals surface area contributed by atoms with Crippen LogP contribution in [-0.4, -0.2) is 30.2 Å². The van der Waals surface area contributed by atoms with E-state index in [4.69, 9.17) is 5.73 Å². The quantitative estimate of drug-likeness (QED) is 0.711. The Bertz CT molecular complexity index is 1010. The molecule has 142 valence electrons. The summed E-state index contributed by atoms with van der Waals surface area (Å²) in [4.78, 5) is 13.4. The Morgan fingerprint density at radius 1 is 1.30 bits per heavy atom. The maximum Gasteiger partial charge on any atom is 0.166 e. The van der Waals surface area contributed by atoms with Gasteiger partial charge in [0.25, 0.3) is 0 Å². The van der Waals surface area contributed by atoms with Crippen molar-refractivity contribution >= 4 is 35.5 Å². The van der Waals surface area contributed by atoms with Crippen LogP contribution in [0.1, 0.15) is 32.0 Å². The van der Waals surface area contributed by atoms with Gasteiger partial charge in [0, 0.05) is 12.1 Å². The number of hydrogen-bond donors (Lipinski definition) is 2. The van der Waals surface area contributed by atoms with Crippen molar-refractivity contribution in [3.8, 4) is 11.4 Å². The summed E-state index contributed by atoms with van der Waals surface area (Å²) in [5, 5.41) is 10.2. The summed E-state index contributed by atoms with van der Waals surface area (Å²) in [5.74, 6) is 0.964. The molecule has 3 aromatic rings. The molecule has 0 radical (unpaired) electrons. The van der Waals surface area contributed by atoms with Gasteiger partial charge in [0.2, 0.25) is 0 Å². The predicted molar refractivity (Wildman–Crippen MR) is 106 cm³/mol. The first-order valence-corrected chi connectivity index (χ1v) is 8.70. The Morgan fingerprint density at radius 3 is 2.70 bits per heavy atom. The van der Waals surface area contributed by atoms with Crippen molar-refractivity contribution in [3.63, 3.8) is 0 Å². The molecule has 2 aromatic heterocycles. The zero-order valence-corrected chi connectivity index (χ0v) is 15.7. The Morgan fingerprint density at radius 2 is 2.07 bits per heavy atom. The van der Waals surface area contributed by atoms with Gasteiger partial charge in [-0.05, 0) is 50.5 Å². The fourth-order valence-electron chi connectivity index (χ4n) is 3.20. The van der Waals surface area contributed by atoms with E-state index in [1.807, 2.05) is 11.5 Å². The lowest BCUT2D eigenvalue weighted by molar-refractivity contribution is 0.0150. The Labute approximate surface area is 162 Å². The number of rotatable bonds is 4. The number of nitrogen functional groups attached to an aromatic ring is 1. The Kier molecular flexibility index (Phi) is 5.17. The molecule has 0 bridgehead atoms. The van der Waals surface area contributed by atoms with E-state index in [1.165, 1.54) is 12.1 Å². The van der Waals surface area contributed by atoms with E-state index >= 15 is 0 Å². The van der Waals surface area contributed by atoms with Crippen molar-refractivity contribution in [1.29, 1.82) is 0 Å². The minimum absolute atomic E-state index is 0. The molecule has 8 heteroatoms. The smallest absolute Gasteiger partial charge is 0.166 e. The number of aromatic nitrogens is 4. The molecule has 0 unspecified atom stereocenters. The van der Waals surface area contributed by atoms with Crippen LogP contribution in [0.5, 0.6) is 0 Å². The van der Waals surface area contributed by atoms with Crippen molar-refractivity contribution in [2.75, 3.05) is 5.73 Å². The molecule has 1 saturated carbocycles. The second-order valence-electron chi connectivity index (χ2n) is 6.62. The van der Waals surface area contributed by atoms with Crippen molar-refractivity contribution in [3.05, 3.63) is 42.0 Å². The van der Waals surface area contributed by atoms with E-state index in [9.17, 15) is 9.50 Å². The van der Waals surface area contributed by atoms with Crippen LogP contribution in [0, 0.1) is 5.82 Å². The highest BCUT2D eigenvalue weighted by Gasteiger charge is 2.31. The number of nitrogens with two attached hydrogens (primary N) is 1. The molecule has 1 aliphatic rings. The highest BCUT2D eigenvalue weighted by molar-refractivity contribution is 5.86. The summed E-state index contributed by atoms with van der Waals surface area (Å²) in [6, 6.07) is 6.27. The molecule has 1 aliphatic carbocycles. The molecule has 6 nitrogen and oxygen atoms in total. The zero-order valence-electron chi connectivity index (χ0n) is 14.9. The zero-order chi connectivity index (χ0) is 18.3. The lowest BCUT2D eigenvalue weighted by Gasteiger charge is -2.33. The molecule has 0 aliphatic heterocycles. The summed E-state index contributed by atoms with van der Waals surface area (Å²) in [5.41, 5.74) is 7.08. The second kappa shape index (κ2) is 7.25. The lowest BCUT2D eigenvalue weighted by Crippen LogP contribution is -2.33. The van der Waals surface area contributed by atoms with E-state index in [0.29, 0.717) is 34.9 Å². The summed E-state index contributed by atoms with van der Waals surface area (Å²) < 4.78 is 15.5. The Hall–Kier alpha value is -2.51. The van der Waals surface area contributed by atoms with Crippen LogP contribution in [0.3, 0.4) is 0 Å². The molecule has 0 saturated heterocycles. The molecule has 0 spiro atoms. The van der Waals surface area contributed by atoms with Gasteiger partial charge in [0.1, 0.15) is 11.6 Å². The molecule has 27 heavy (non-hydrogen) atoms. The normalized spacial score (nSPS) is 15.7. The van der Waals surface area contributed by atoms with Gasteiger partial charge < -0.3 is 15.4 Å². The number of benzene rings is 1. The predicted octanol–water partition coefficient (Wildman–Crippen LogP) is 3.58. The second-order valence-corrected chi connectivity index (χ2v) is 6.62. The van der Waals surface area contributed by atoms with Crippen molar-refractivity contribution in [2.24, 2.45) is 0 Å². The average molecular weight is 390 g/mol. The van der Waals surface area contributed by atoms with Gasteiger partial charge >= 0.3 is 0 Å². The molecular weight excluding hydrogens is 369 g/mol. The summed E-state index contributed by atoms with van der Waals surface area (Å²) >= 11 is 0. The molecular formula is C19H21ClFN5O. The number of fused-ring (bicyclic) bond motifs is 1. The van der Waals surface area contributed by atoms with Crippen LogP contribution < -0.4 is 5.73 Å². The molecule has 0 amide bonds. The minimum Gasteiger partial charge on any atom is -0.386 e. The number of aryl methyl sites for hydroxylation is 1. The topological polar surface area (TPSA) is 89.9 Å². The largest absolute Gasteiger partial charge is 0.386 e. The fourth-order valence-corrected chi connectivity index (χ4v) is 3.20. The van der Waals surface area contributed by atoms with Gasteiger partial charge in [-0.3, -0.25) is 0 Å². The molecule has 3 N–H and O–H groups in total.